The predicted molar refractivity (Wildman–Crippen MR) is 75.9 cm³/mol. The molecule has 1 aliphatic rings. The molecule has 2 atom stereocenters. The Morgan fingerprint density at radius 2 is 2.17 bits per heavy atom. The first-order valence-electron chi connectivity index (χ1n) is 7.05. The average molecular weight is 247 g/mol. The molecule has 1 heterocycles. The molecule has 0 radical (unpaired) electrons. The van der Waals surface area contributed by atoms with Crippen molar-refractivity contribution in [3.05, 3.63) is 34.9 Å². The molecule has 0 amide bonds. The molecule has 2 unspecified atom stereocenters. The molecule has 1 aliphatic heterocycles. The maximum absolute atomic E-state index is 5.51. The van der Waals surface area contributed by atoms with Gasteiger partial charge in [-0.05, 0) is 56.2 Å². The Morgan fingerprint density at radius 3 is 2.83 bits per heavy atom. The van der Waals surface area contributed by atoms with E-state index in [9.17, 15) is 0 Å². The van der Waals surface area contributed by atoms with E-state index in [-0.39, 0.29) is 0 Å². The highest BCUT2D eigenvalue weighted by molar-refractivity contribution is 5.31. The lowest BCUT2D eigenvalue weighted by atomic mass is 9.99. The molecule has 1 aromatic rings. The van der Waals surface area contributed by atoms with E-state index >= 15 is 0 Å². The third-order valence-electron chi connectivity index (χ3n) is 4.00. The zero-order valence-corrected chi connectivity index (χ0v) is 11.8. The summed E-state index contributed by atoms with van der Waals surface area (Å²) in [5.41, 5.74) is 4.13. The maximum atomic E-state index is 5.51. The Morgan fingerprint density at radius 1 is 1.33 bits per heavy atom. The Balaban J connectivity index is 1.86. The van der Waals surface area contributed by atoms with Crippen molar-refractivity contribution in [2.45, 2.75) is 39.7 Å². The van der Waals surface area contributed by atoms with Crippen molar-refractivity contribution < 1.29 is 4.74 Å². The van der Waals surface area contributed by atoms with Crippen molar-refractivity contribution in [3.8, 4) is 0 Å². The van der Waals surface area contributed by atoms with E-state index in [0.717, 1.165) is 19.8 Å². The quantitative estimate of drug-likeness (QED) is 0.880. The van der Waals surface area contributed by atoms with Gasteiger partial charge in [0.1, 0.15) is 0 Å². The Bertz CT molecular complexity index is 383. The van der Waals surface area contributed by atoms with Crippen LogP contribution in [0.3, 0.4) is 0 Å². The van der Waals surface area contributed by atoms with Crippen LogP contribution >= 0.6 is 0 Å². The van der Waals surface area contributed by atoms with Crippen LogP contribution < -0.4 is 5.32 Å². The second-order valence-electron chi connectivity index (χ2n) is 5.56. The minimum absolute atomic E-state index is 0.422. The zero-order chi connectivity index (χ0) is 13.0. The van der Waals surface area contributed by atoms with Gasteiger partial charge < -0.3 is 10.1 Å². The molecule has 2 nitrogen and oxygen atoms in total. The van der Waals surface area contributed by atoms with Crippen LogP contribution in [0.15, 0.2) is 18.2 Å². The largest absolute Gasteiger partial charge is 0.381 e. The minimum Gasteiger partial charge on any atom is -0.381 e. The SMILES string of the molecule is Cc1ccc(C(C)NCC2CCCOC2)cc1C. The van der Waals surface area contributed by atoms with Crippen LogP contribution in [0.4, 0.5) is 0 Å². The second-order valence-corrected chi connectivity index (χ2v) is 5.56. The Hall–Kier alpha value is -0.860. The van der Waals surface area contributed by atoms with Gasteiger partial charge in [0.2, 0.25) is 0 Å². The van der Waals surface area contributed by atoms with Crippen molar-refractivity contribution in [2.24, 2.45) is 5.92 Å². The smallest absolute Gasteiger partial charge is 0.0506 e. The molecular formula is C16H25NO. The first kappa shape index (κ1) is 13.6. The van der Waals surface area contributed by atoms with E-state index in [4.69, 9.17) is 4.74 Å². The number of hydrogen-bond acceptors (Lipinski definition) is 2. The van der Waals surface area contributed by atoms with E-state index in [1.807, 2.05) is 0 Å². The molecule has 1 saturated heterocycles. The summed E-state index contributed by atoms with van der Waals surface area (Å²) in [6.45, 7) is 9.52. The summed E-state index contributed by atoms with van der Waals surface area (Å²) in [7, 11) is 0. The van der Waals surface area contributed by atoms with Gasteiger partial charge >= 0.3 is 0 Å². The van der Waals surface area contributed by atoms with Crippen LogP contribution in [0, 0.1) is 19.8 Å². The molecule has 18 heavy (non-hydrogen) atoms. The molecule has 1 aromatic carbocycles. The lowest BCUT2D eigenvalue weighted by Crippen LogP contribution is -2.30. The molecule has 100 valence electrons. The molecule has 1 fully saturated rings. The predicted octanol–water partition coefficient (Wildman–Crippen LogP) is 3.38. The third-order valence-corrected chi connectivity index (χ3v) is 4.00. The number of ether oxygens (including phenoxy) is 1. The van der Waals surface area contributed by atoms with Gasteiger partial charge in [-0.1, -0.05) is 18.2 Å². The summed E-state index contributed by atoms with van der Waals surface area (Å²) in [5.74, 6) is 0.688. The van der Waals surface area contributed by atoms with Gasteiger partial charge in [-0.15, -0.1) is 0 Å². The number of hydrogen-bond donors (Lipinski definition) is 1. The molecule has 0 bridgehead atoms. The zero-order valence-electron chi connectivity index (χ0n) is 11.8. The van der Waals surface area contributed by atoms with Crippen molar-refractivity contribution in [1.82, 2.24) is 5.32 Å². The van der Waals surface area contributed by atoms with Crippen LogP contribution in [-0.2, 0) is 4.74 Å². The first-order chi connectivity index (χ1) is 8.66. The van der Waals surface area contributed by atoms with Gasteiger partial charge in [-0.25, -0.2) is 0 Å². The molecule has 2 rings (SSSR count). The van der Waals surface area contributed by atoms with Crippen molar-refractivity contribution >= 4 is 0 Å². The van der Waals surface area contributed by atoms with Crippen LogP contribution in [0.2, 0.25) is 0 Å². The van der Waals surface area contributed by atoms with E-state index in [1.54, 1.807) is 0 Å². The lowest BCUT2D eigenvalue weighted by molar-refractivity contribution is 0.0540. The molecule has 0 saturated carbocycles. The molecule has 1 N–H and O–H groups in total. The second kappa shape index (κ2) is 6.35. The van der Waals surface area contributed by atoms with Gasteiger partial charge in [-0.3, -0.25) is 0 Å². The van der Waals surface area contributed by atoms with Crippen LogP contribution in [0.1, 0.15) is 42.5 Å². The fraction of sp³-hybridized carbons (Fsp3) is 0.625. The normalized spacial score (nSPS) is 21.8. The summed E-state index contributed by atoms with van der Waals surface area (Å²) >= 11 is 0. The van der Waals surface area contributed by atoms with Crippen LogP contribution in [-0.4, -0.2) is 19.8 Å². The van der Waals surface area contributed by atoms with Gasteiger partial charge in [0.05, 0.1) is 6.61 Å². The topological polar surface area (TPSA) is 21.3 Å². The monoisotopic (exact) mass is 247 g/mol. The van der Waals surface area contributed by atoms with Gasteiger partial charge in [0, 0.05) is 19.2 Å². The maximum Gasteiger partial charge on any atom is 0.0506 e. The minimum atomic E-state index is 0.422. The Labute approximate surface area is 111 Å². The molecule has 2 heteroatoms. The van der Waals surface area contributed by atoms with Crippen molar-refractivity contribution in [3.63, 3.8) is 0 Å². The Kier molecular flexibility index (Phi) is 4.79. The number of rotatable bonds is 4. The molecule has 0 aromatic heterocycles. The van der Waals surface area contributed by atoms with E-state index < -0.39 is 0 Å². The summed E-state index contributed by atoms with van der Waals surface area (Å²) < 4.78 is 5.51. The molecular weight excluding hydrogens is 222 g/mol. The van der Waals surface area contributed by atoms with E-state index in [0.29, 0.717) is 12.0 Å². The fourth-order valence-electron chi connectivity index (χ4n) is 2.46. The fourth-order valence-corrected chi connectivity index (χ4v) is 2.46. The van der Waals surface area contributed by atoms with Crippen molar-refractivity contribution in [1.29, 1.82) is 0 Å². The van der Waals surface area contributed by atoms with Crippen LogP contribution in [0.5, 0.6) is 0 Å². The number of nitrogens with one attached hydrogen (secondary N) is 1. The summed E-state index contributed by atoms with van der Waals surface area (Å²) in [6.07, 6.45) is 2.51. The molecule has 0 aliphatic carbocycles. The highest BCUT2D eigenvalue weighted by atomic mass is 16.5. The number of aryl methyl sites for hydroxylation is 2. The number of benzene rings is 1. The van der Waals surface area contributed by atoms with Crippen molar-refractivity contribution in [2.75, 3.05) is 19.8 Å². The first-order valence-corrected chi connectivity index (χ1v) is 7.05. The third kappa shape index (κ3) is 3.56. The van der Waals surface area contributed by atoms with E-state index in [2.05, 4.69) is 44.3 Å². The van der Waals surface area contributed by atoms with Gasteiger partial charge in [0.25, 0.3) is 0 Å². The highest BCUT2D eigenvalue weighted by Crippen LogP contribution is 2.18. The summed E-state index contributed by atoms with van der Waals surface area (Å²) in [5, 5.41) is 3.64. The van der Waals surface area contributed by atoms with Gasteiger partial charge in [-0.2, -0.15) is 0 Å². The molecule has 0 spiro atoms. The summed E-state index contributed by atoms with van der Waals surface area (Å²) in [4.78, 5) is 0. The van der Waals surface area contributed by atoms with E-state index in [1.165, 1.54) is 29.5 Å². The summed E-state index contributed by atoms with van der Waals surface area (Å²) in [6, 6.07) is 7.17. The lowest BCUT2D eigenvalue weighted by Gasteiger charge is -2.24. The standard InChI is InChI=1S/C16H25NO/c1-12-6-7-16(9-13(12)2)14(3)17-10-15-5-4-8-18-11-15/h6-7,9,14-15,17H,4-5,8,10-11H2,1-3H3. The van der Waals surface area contributed by atoms with Crippen LogP contribution in [0.25, 0.3) is 0 Å². The highest BCUT2D eigenvalue weighted by Gasteiger charge is 2.15. The average Bonchev–Trinajstić information content (AvgIpc) is 2.40. The van der Waals surface area contributed by atoms with Gasteiger partial charge in [0.15, 0.2) is 0 Å².